The van der Waals surface area contributed by atoms with Gasteiger partial charge in [-0.2, -0.15) is 0 Å². The summed E-state index contributed by atoms with van der Waals surface area (Å²) in [6.07, 6.45) is 10.6. The number of aliphatic carboxylic acids is 3. The summed E-state index contributed by atoms with van der Waals surface area (Å²) in [6, 6.07) is 0. The van der Waals surface area contributed by atoms with Gasteiger partial charge in [0.1, 0.15) is 0 Å². The van der Waals surface area contributed by atoms with Gasteiger partial charge in [-0.1, -0.05) is 80.1 Å². The van der Waals surface area contributed by atoms with E-state index in [1.54, 1.807) is 0 Å². The monoisotopic (exact) mass is 568 g/mol. The molecule has 0 saturated carbocycles. The van der Waals surface area contributed by atoms with Gasteiger partial charge < -0.3 is 29.7 Å². The second-order valence-electron chi connectivity index (χ2n) is 7.70. The third-order valence-corrected chi connectivity index (χ3v) is 5.20. The molecule has 0 aromatic carbocycles. The van der Waals surface area contributed by atoms with Crippen molar-refractivity contribution in [1.29, 1.82) is 0 Å². The van der Waals surface area contributed by atoms with Gasteiger partial charge in [0.2, 0.25) is 0 Å². The summed E-state index contributed by atoms with van der Waals surface area (Å²) in [4.78, 5) is 31.0. The van der Waals surface area contributed by atoms with Gasteiger partial charge in [-0.3, -0.25) is 0 Å². The second-order valence-corrected chi connectivity index (χ2v) is 7.70. The van der Waals surface area contributed by atoms with E-state index in [9.17, 15) is 29.7 Å². The molecular weight excluding hydrogens is 523 g/mol. The van der Waals surface area contributed by atoms with E-state index >= 15 is 0 Å². The number of carboxylic acids is 3. The molecule has 0 aromatic heterocycles. The zero-order valence-electron chi connectivity index (χ0n) is 20.7. The fourth-order valence-corrected chi connectivity index (χ4v) is 2.82. The predicted octanol–water partition coefficient (Wildman–Crippen LogP) is 2.86. The molecule has 3 unspecified atom stereocenters. The number of hydrogen-bond donors (Lipinski definition) is 0. The normalized spacial score (nSPS) is 12.6. The molecule has 0 aromatic rings. The van der Waals surface area contributed by atoms with Crippen molar-refractivity contribution in [2.24, 2.45) is 17.8 Å². The molecule has 6 nitrogen and oxygen atoms in total. The van der Waals surface area contributed by atoms with Gasteiger partial charge in [-0.25, -0.2) is 0 Å². The molecular formula is C24H45LaO6. The standard InChI is InChI=1S/3C8H16O2.La/c3*1-3-5-6-7(4-2)8(9)10;/h3*7H,3-6H2,1-2H3,(H,9,10);/q;;;+3/p-3. The quantitative estimate of drug-likeness (QED) is 0.300. The Bertz CT molecular complexity index is 366. The molecule has 0 amide bonds. The predicted molar refractivity (Wildman–Crippen MR) is 115 cm³/mol. The van der Waals surface area contributed by atoms with Crippen LogP contribution in [-0.2, 0) is 14.4 Å². The summed E-state index contributed by atoms with van der Waals surface area (Å²) in [5, 5.41) is 31.0. The minimum Gasteiger partial charge on any atom is -0.550 e. The smallest absolute Gasteiger partial charge is 0.550 e. The molecule has 0 spiro atoms. The number of unbranched alkanes of at least 4 members (excludes halogenated alkanes) is 3. The van der Waals surface area contributed by atoms with Gasteiger partial charge in [-0.05, 0) is 56.3 Å². The Morgan fingerprint density at radius 3 is 0.806 bits per heavy atom. The number of rotatable bonds is 15. The van der Waals surface area contributed by atoms with Crippen molar-refractivity contribution in [3.63, 3.8) is 0 Å². The maximum Gasteiger partial charge on any atom is 3.00 e. The minimum absolute atomic E-state index is 0. The van der Waals surface area contributed by atoms with E-state index in [0.29, 0.717) is 19.3 Å². The van der Waals surface area contributed by atoms with Crippen LogP contribution in [0.15, 0.2) is 0 Å². The molecule has 31 heavy (non-hydrogen) atoms. The van der Waals surface area contributed by atoms with Crippen molar-refractivity contribution in [2.75, 3.05) is 0 Å². The van der Waals surface area contributed by atoms with Gasteiger partial charge in [0.05, 0.1) is 0 Å². The van der Waals surface area contributed by atoms with Crippen molar-refractivity contribution in [3.05, 3.63) is 0 Å². The molecule has 0 rings (SSSR count). The Labute approximate surface area is 218 Å². The van der Waals surface area contributed by atoms with Crippen LogP contribution in [0.2, 0.25) is 0 Å². The summed E-state index contributed by atoms with van der Waals surface area (Å²) >= 11 is 0. The summed E-state index contributed by atoms with van der Waals surface area (Å²) in [6.45, 7) is 11.8. The molecule has 0 heterocycles. The molecule has 0 aliphatic heterocycles. The van der Waals surface area contributed by atoms with Gasteiger partial charge in [0.15, 0.2) is 0 Å². The minimum atomic E-state index is -0.893. The Morgan fingerprint density at radius 2 is 0.710 bits per heavy atom. The maximum absolute atomic E-state index is 10.3. The molecule has 180 valence electrons. The van der Waals surface area contributed by atoms with Crippen LogP contribution in [0, 0.1) is 53.4 Å². The van der Waals surface area contributed by atoms with Crippen LogP contribution < -0.4 is 15.3 Å². The first-order chi connectivity index (χ1) is 14.2. The average molecular weight is 569 g/mol. The average Bonchev–Trinajstić information content (AvgIpc) is 2.70. The van der Waals surface area contributed by atoms with E-state index in [1.807, 2.05) is 20.8 Å². The van der Waals surface area contributed by atoms with Crippen molar-refractivity contribution < 1.29 is 65.3 Å². The number of hydrogen-bond acceptors (Lipinski definition) is 6. The Hall–Kier alpha value is -0.395. The summed E-state index contributed by atoms with van der Waals surface area (Å²) < 4.78 is 0. The molecule has 0 saturated heterocycles. The number of carbonyl (C=O) groups excluding carboxylic acids is 3. The van der Waals surface area contributed by atoms with E-state index in [-0.39, 0.29) is 53.4 Å². The largest absolute Gasteiger partial charge is 3.00 e. The van der Waals surface area contributed by atoms with Crippen molar-refractivity contribution in [1.82, 2.24) is 0 Å². The van der Waals surface area contributed by atoms with Crippen LogP contribution in [0.5, 0.6) is 0 Å². The molecule has 3 atom stereocenters. The van der Waals surface area contributed by atoms with Crippen LogP contribution in [0.25, 0.3) is 0 Å². The zero-order chi connectivity index (χ0) is 23.9. The number of carbonyl (C=O) groups is 3. The molecule has 0 radical (unpaired) electrons. The van der Waals surface area contributed by atoms with Crippen molar-refractivity contribution in [2.45, 2.75) is 119 Å². The zero-order valence-corrected chi connectivity index (χ0v) is 24.4. The van der Waals surface area contributed by atoms with Crippen LogP contribution in [-0.4, -0.2) is 17.9 Å². The molecule has 0 N–H and O–H groups in total. The third-order valence-electron chi connectivity index (χ3n) is 5.20. The maximum atomic E-state index is 10.3. The fourth-order valence-electron chi connectivity index (χ4n) is 2.82. The third kappa shape index (κ3) is 25.7. The number of carboxylic acid groups (broad SMARTS) is 3. The fraction of sp³-hybridized carbons (Fsp3) is 0.875. The van der Waals surface area contributed by atoms with Gasteiger partial charge >= 0.3 is 35.6 Å². The van der Waals surface area contributed by atoms with Gasteiger partial charge in [0.25, 0.3) is 0 Å². The van der Waals surface area contributed by atoms with Crippen LogP contribution in [0.3, 0.4) is 0 Å². The Morgan fingerprint density at radius 1 is 0.516 bits per heavy atom. The van der Waals surface area contributed by atoms with Crippen LogP contribution >= 0.6 is 0 Å². The van der Waals surface area contributed by atoms with E-state index in [4.69, 9.17) is 0 Å². The summed E-state index contributed by atoms with van der Waals surface area (Å²) in [5.74, 6) is -3.34. The van der Waals surface area contributed by atoms with Crippen molar-refractivity contribution in [3.8, 4) is 0 Å². The second kappa shape index (κ2) is 27.6. The first-order valence-electron chi connectivity index (χ1n) is 11.8. The van der Waals surface area contributed by atoms with Gasteiger partial charge in [-0.15, -0.1) is 0 Å². The molecule has 0 bridgehead atoms. The first-order valence-corrected chi connectivity index (χ1v) is 11.8. The Balaban J connectivity index is -0.000000174. The van der Waals surface area contributed by atoms with Crippen LogP contribution in [0.4, 0.5) is 0 Å². The first kappa shape index (κ1) is 37.9. The molecule has 0 aliphatic carbocycles. The van der Waals surface area contributed by atoms with E-state index in [2.05, 4.69) is 20.8 Å². The summed E-state index contributed by atoms with van der Waals surface area (Å²) in [5.41, 5.74) is 0. The summed E-state index contributed by atoms with van der Waals surface area (Å²) in [7, 11) is 0. The molecule has 0 aliphatic rings. The molecule has 7 heteroatoms. The van der Waals surface area contributed by atoms with E-state index in [1.165, 1.54) is 0 Å². The van der Waals surface area contributed by atoms with E-state index in [0.717, 1.165) is 57.8 Å². The van der Waals surface area contributed by atoms with Gasteiger partial charge in [0, 0.05) is 17.9 Å². The molecule has 0 fully saturated rings. The van der Waals surface area contributed by atoms with E-state index < -0.39 is 17.9 Å². The van der Waals surface area contributed by atoms with Crippen molar-refractivity contribution >= 4 is 17.9 Å². The Kier molecular flexibility index (Phi) is 33.8. The van der Waals surface area contributed by atoms with Crippen LogP contribution in [0.1, 0.15) is 119 Å². The topological polar surface area (TPSA) is 120 Å². The SMILES string of the molecule is CCCCC(CC)C(=O)[O-].CCCCC(CC)C(=O)[O-].CCCCC(CC)C(=O)[O-].[La+3].